The summed E-state index contributed by atoms with van der Waals surface area (Å²) in [6.07, 6.45) is -5.01. The van der Waals surface area contributed by atoms with Gasteiger partial charge in [-0.3, -0.25) is 0 Å². The minimum atomic E-state index is -5.01. The smallest absolute Gasteiger partial charge is 0.390 e. The maximum Gasteiger partial charge on any atom is 0.416 e. The van der Waals surface area contributed by atoms with Gasteiger partial charge >= 0.3 is 6.18 Å². The van der Waals surface area contributed by atoms with Gasteiger partial charge in [0.2, 0.25) is 0 Å². The predicted octanol–water partition coefficient (Wildman–Crippen LogP) is 2.89. The first kappa shape index (κ1) is 18.0. The zero-order chi connectivity index (χ0) is 14.1. The van der Waals surface area contributed by atoms with Gasteiger partial charge in [-0.15, -0.1) is 12.4 Å². The highest BCUT2D eigenvalue weighted by molar-refractivity contribution is 5.85. The number of aliphatic hydroxyl groups excluding tert-OH is 1. The molecule has 0 aromatic heterocycles. The summed E-state index contributed by atoms with van der Waals surface area (Å²) in [6.45, 7) is -1.78. The van der Waals surface area contributed by atoms with Crippen LogP contribution in [0.2, 0.25) is 0 Å². The Morgan fingerprint density at radius 2 is 1.68 bits per heavy atom. The van der Waals surface area contributed by atoms with Crippen LogP contribution in [0.25, 0.3) is 0 Å². The van der Waals surface area contributed by atoms with Gasteiger partial charge in [-0.2, -0.15) is 13.2 Å². The maximum absolute atomic E-state index is 13.3. The van der Waals surface area contributed by atoms with Crippen molar-refractivity contribution in [3.8, 4) is 0 Å². The van der Waals surface area contributed by atoms with E-state index in [1.807, 2.05) is 0 Å². The molecular formula is C10H10ClF6NO. The van der Waals surface area contributed by atoms with Crippen LogP contribution in [0, 0.1) is 5.82 Å². The molecule has 0 aliphatic carbocycles. The molecule has 1 rings (SSSR count). The third-order valence-corrected chi connectivity index (χ3v) is 2.34. The topological polar surface area (TPSA) is 46.2 Å². The molecule has 1 aromatic carbocycles. The largest absolute Gasteiger partial charge is 0.416 e. The molecular weight excluding hydrogens is 300 g/mol. The molecule has 9 heteroatoms. The number of rotatable bonds is 3. The van der Waals surface area contributed by atoms with Crippen LogP contribution in [0.15, 0.2) is 18.2 Å². The summed E-state index contributed by atoms with van der Waals surface area (Å²) in [6, 6.07) is -0.796. The number of hydrogen-bond donors (Lipinski definition) is 2. The van der Waals surface area contributed by atoms with E-state index in [1.165, 1.54) is 0 Å². The molecule has 0 fully saturated rings. The summed E-state index contributed by atoms with van der Waals surface area (Å²) in [5.74, 6) is -5.55. The van der Waals surface area contributed by atoms with Gasteiger partial charge in [0.15, 0.2) is 0 Å². The minimum absolute atomic E-state index is 0. The van der Waals surface area contributed by atoms with Gasteiger partial charge in [0.25, 0.3) is 5.92 Å². The SMILES string of the molecule is Cl.N[C@@H](c1c(F)cccc1C(F)(F)F)C(F)(F)CO. The predicted molar refractivity (Wildman–Crippen MR) is 57.6 cm³/mol. The van der Waals surface area contributed by atoms with E-state index in [-0.39, 0.29) is 12.4 Å². The Labute approximate surface area is 110 Å². The van der Waals surface area contributed by atoms with E-state index in [0.29, 0.717) is 12.1 Å². The second kappa shape index (κ2) is 5.98. The number of hydrogen-bond acceptors (Lipinski definition) is 2. The van der Waals surface area contributed by atoms with Gasteiger partial charge in [-0.1, -0.05) is 6.07 Å². The Morgan fingerprint density at radius 1 is 1.16 bits per heavy atom. The van der Waals surface area contributed by atoms with E-state index in [4.69, 9.17) is 10.8 Å². The number of benzene rings is 1. The van der Waals surface area contributed by atoms with Crippen molar-refractivity contribution in [1.82, 2.24) is 0 Å². The first-order valence-electron chi connectivity index (χ1n) is 4.71. The number of alkyl halides is 5. The molecule has 110 valence electrons. The summed E-state index contributed by atoms with van der Waals surface area (Å²) in [4.78, 5) is 0. The van der Waals surface area contributed by atoms with Gasteiger partial charge < -0.3 is 10.8 Å². The monoisotopic (exact) mass is 309 g/mol. The summed E-state index contributed by atoms with van der Waals surface area (Å²) < 4.78 is 77.1. The standard InChI is InChI=1S/C10H9F6NO.ClH/c11-6-3-1-2-5(10(14,15)16)7(6)8(17)9(12,13)4-18;/h1-3,8,18H,4,17H2;1H/t8-;/m0./s1. The lowest BCUT2D eigenvalue weighted by Gasteiger charge is -2.25. The Balaban J connectivity index is 0.00000324. The normalized spacial score (nSPS) is 13.9. The average Bonchev–Trinajstić information content (AvgIpc) is 2.26. The third-order valence-electron chi connectivity index (χ3n) is 2.34. The van der Waals surface area contributed by atoms with Crippen molar-refractivity contribution in [2.75, 3.05) is 6.61 Å². The molecule has 1 aromatic rings. The fourth-order valence-corrected chi connectivity index (χ4v) is 1.41. The summed E-state index contributed by atoms with van der Waals surface area (Å²) in [5.41, 5.74) is 1.99. The van der Waals surface area contributed by atoms with Crippen LogP contribution in [-0.2, 0) is 6.18 Å². The summed E-state index contributed by atoms with van der Waals surface area (Å²) >= 11 is 0. The minimum Gasteiger partial charge on any atom is -0.390 e. The van der Waals surface area contributed by atoms with Crippen molar-refractivity contribution in [1.29, 1.82) is 0 Å². The Hall–Kier alpha value is -0.990. The molecule has 0 unspecified atom stereocenters. The molecule has 0 radical (unpaired) electrons. The molecule has 0 bridgehead atoms. The molecule has 0 spiro atoms. The zero-order valence-electron chi connectivity index (χ0n) is 9.22. The average molecular weight is 310 g/mol. The molecule has 0 aliphatic rings. The Morgan fingerprint density at radius 3 is 2.11 bits per heavy atom. The van der Waals surface area contributed by atoms with E-state index in [2.05, 4.69) is 0 Å². The van der Waals surface area contributed by atoms with Crippen LogP contribution >= 0.6 is 12.4 Å². The lowest BCUT2D eigenvalue weighted by Crippen LogP contribution is -2.38. The van der Waals surface area contributed by atoms with Crippen molar-refractivity contribution < 1.29 is 31.4 Å². The number of aliphatic hydroxyl groups is 1. The van der Waals surface area contributed by atoms with Gasteiger partial charge in [0.1, 0.15) is 18.5 Å². The first-order valence-corrected chi connectivity index (χ1v) is 4.71. The van der Waals surface area contributed by atoms with Crippen molar-refractivity contribution in [3.63, 3.8) is 0 Å². The quantitative estimate of drug-likeness (QED) is 0.843. The van der Waals surface area contributed by atoms with E-state index < -0.39 is 41.7 Å². The second-order valence-corrected chi connectivity index (χ2v) is 3.60. The van der Waals surface area contributed by atoms with E-state index >= 15 is 0 Å². The van der Waals surface area contributed by atoms with Crippen LogP contribution in [0.1, 0.15) is 17.2 Å². The molecule has 19 heavy (non-hydrogen) atoms. The van der Waals surface area contributed by atoms with Gasteiger partial charge in [0.05, 0.1) is 5.56 Å². The summed E-state index contributed by atoms with van der Waals surface area (Å²) in [7, 11) is 0. The molecule has 0 aliphatic heterocycles. The molecule has 2 nitrogen and oxygen atoms in total. The van der Waals surface area contributed by atoms with Crippen LogP contribution in [0.4, 0.5) is 26.3 Å². The van der Waals surface area contributed by atoms with Crippen molar-refractivity contribution in [2.24, 2.45) is 5.73 Å². The van der Waals surface area contributed by atoms with Gasteiger partial charge in [-0.25, -0.2) is 13.2 Å². The highest BCUT2D eigenvalue weighted by atomic mass is 35.5. The number of nitrogens with two attached hydrogens (primary N) is 1. The molecule has 0 saturated heterocycles. The Kier molecular flexibility index (Phi) is 5.66. The highest BCUT2D eigenvalue weighted by Crippen LogP contribution is 2.39. The first-order chi connectivity index (χ1) is 8.11. The van der Waals surface area contributed by atoms with E-state index in [1.54, 1.807) is 0 Å². The van der Waals surface area contributed by atoms with Crippen molar-refractivity contribution >= 4 is 12.4 Å². The van der Waals surface area contributed by atoms with Crippen molar-refractivity contribution in [3.05, 3.63) is 35.1 Å². The molecule has 0 heterocycles. The second-order valence-electron chi connectivity index (χ2n) is 3.60. The van der Waals surface area contributed by atoms with E-state index in [9.17, 15) is 26.3 Å². The fourth-order valence-electron chi connectivity index (χ4n) is 1.41. The Bertz CT molecular complexity index is 437. The lowest BCUT2D eigenvalue weighted by molar-refractivity contribution is -0.140. The lowest BCUT2D eigenvalue weighted by atomic mass is 9.95. The molecule has 0 saturated carbocycles. The fraction of sp³-hybridized carbons (Fsp3) is 0.400. The van der Waals surface area contributed by atoms with Crippen molar-refractivity contribution in [2.45, 2.75) is 18.1 Å². The van der Waals surface area contributed by atoms with Gasteiger partial charge in [0, 0.05) is 5.56 Å². The van der Waals surface area contributed by atoms with Crippen LogP contribution in [0.3, 0.4) is 0 Å². The number of halogens is 7. The highest BCUT2D eigenvalue weighted by Gasteiger charge is 2.44. The molecule has 1 atom stereocenters. The summed E-state index contributed by atoms with van der Waals surface area (Å²) in [5, 5.41) is 8.38. The zero-order valence-corrected chi connectivity index (χ0v) is 10.0. The van der Waals surface area contributed by atoms with Gasteiger partial charge in [-0.05, 0) is 12.1 Å². The van der Waals surface area contributed by atoms with Crippen LogP contribution < -0.4 is 5.73 Å². The van der Waals surface area contributed by atoms with Crippen LogP contribution in [0.5, 0.6) is 0 Å². The molecule has 3 N–H and O–H groups in total. The maximum atomic E-state index is 13.3. The van der Waals surface area contributed by atoms with Crippen LogP contribution in [-0.4, -0.2) is 17.6 Å². The third kappa shape index (κ3) is 3.74. The molecule has 0 amide bonds. The van der Waals surface area contributed by atoms with E-state index in [0.717, 1.165) is 6.07 Å².